The van der Waals surface area contributed by atoms with Gasteiger partial charge in [0, 0.05) is 23.8 Å². The lowest BCUT2D eigenvalue weighted by Gasteiger charge is -2.61. The van der Waals surface area contributed by atoms with Crippen LogP contribution in [0.15, 0.2) is 30.3 Å². The van der Waals surface area contributed by atoms with Crippen LogP contribution in [-0.2, 0) is 14.3 Å². The Kier molecular flexibility index (Phi) is 8.13. The Labute approximate surface area is 197 Å². The van der Waals surface area contributed by atoms with E-state index in [1.54, 1.807) is 0 Å². The zero-order valence-corrected chi connectivity index (χ0v) is 21.7. The number of hydrogen-bond donors (Lipinski definition) is 0. The third kappa shape index (κ3) is 5.09. The highest BCUT2D eigenvalue weighted by Crippen LogP contribution is 2.52. The van der Waals surface area contributed by atoms with Gasteiger partial charge in [-0.05, 0) is 52.0 Å². The predicted molar refractivity (Wildman–Crippen MR) is 131 cm³/mol. The number of rotatable bonds is 9. The van der Waals surface area contributed by atoms with E-state index in [0.29, 0.717) is 0 Å². The molecule has 0 N–H and O–H groups in total. The van der Waals surface area contributed by atoms with Crippen LogP contribution >= 0.6 is 0 Å². The highest BCUT2D eigenvalue weighted by Gasteiger charge is 2.59. The molecule has 0 saturated carbocycles. The fourth-order valence-electron chi connectivity index (χ4n) is 5.93. The molecule has 182 valence electrons. The van der Waals surface area contributed by atoms with Crippen LogP contribution in [0.3, 0.4) is 0 Å². The number of nitrogens with zero attached hydrogens (tertiary/aromatic N) is 1. The third-order valence-electron chi connectivity index (χ3n) is 8.22. The summed E-state index contributed by atoms with van der Waals surface area (Å²) in [6.45, 7) is 17.5. The molecule has 2 aliphatic rings. The van der Waals surface area contributed by atoms with E-state index in [4.69, 9.17) is 14.3 Å². The minimum Gasteiger partial charge on any atom is -0.349 e. The van der Waals surface area contributed by atoms with Crippen molar-refractivity contribution >= 4 is 0 Å². The summed E-state index contributed by atoms with van der Waals surface area (Å²) < 4.78 is 13.5. The molecule has 4 nitrogen and oxygen atoms in total. The second kappa shape index (κ2) is 10.1. The van der Waals surface area contributed by atoms with Gasteiger partial charge in [0.15, 0.2) is 5.79 Å². The third-order valence-corrected chi connectivity index (χ3v) is 8.22. The molecule has 2 aliphatic heterocycles. The van der Waals surface area contributed by atoms with Crippen LogP contribution in [0.25, 0.3) is 0 Å². The van der Waals surface area contributed by atoms with Crippen LogP contribution < -0.4 is 0 Å². The molecule has 0 aromatic heterocycles. The van der Waals surface area contributed by atoms with Crippen molar-refractivity contribution in [2.45, 2.75) is 123 Å². The normalized spacial score (nSPS) is 31.0. The number of hydrogen-bond acceptors (Lipinski definition) is 4. The van der Waals surface area contributed by atoms with Gasteiger partial charge in [0.25, 0.3) is 0 Å². The van der Waals surface area contributed by atoms with Crippen molar-refractivity contribution in [3.05, 3.63) is 35.9 Å². The van der Waals surface area contributed by atoms with E-state index in [0.717, 1.165) is 45.3 Å². The predicted octanol–water partition coefficient (Wildman–Crippen LogP) is 7.44. The Bertz CT molecular complexity index is 705. The lowest BCUT2D eigenvalue weighted by Crippen LogP contribution is -2.69. The molecule has 0 radical (unpaired) electrons. The number of unbranched alkanes of at least 4 members (excludes halogenated alkanes) is 1. The first kappa shape index (κ1) is 25.7. The molecule has 1 spiro atoms. The van der Waals surface area contributed by atoms with Crippen molar-refractivity contribution in [3.63, 3.8) is 0 Å². The minimum atomic E-state index is -0.518. The van der Waals surface area contributed by atoms with Crippen molar-refractivity contribution in [1.82, 2.24) is 5.06 Å². The highest BCUT2D eigenvalue weighted by atomic mass is 16.7. The quantitative estimate of drug-likeness (QED) is 0.395. The van der Waals surface area contributed by atoms with Crippen molar-refractivity contribution in [2.75, 3.05) is 13.2 Å². The maximum Gasteiger partial charge on any atom is 0.172 e. The van der Waals surface area contributed by atoms with Crippen LogP contribution in [0.4, 0.5) is 0 Å². The molecule has 0 amide bonds. The van der Waals surface area contributed by atoms with E-state index in [9.17, 15) is 0 Å². The number of ether oxygens (including phenoxy) is 2. The lowest BCUT2D eigenvalue weighted by molar-refractivity contribution is -0.396. The molecule has 0 aliphatic carbocycles. The van der Waals surface area contributed by atoms with Crippen LogP contribution in [-0.4, -0.2) is 35.1 Å². The Morgan fingerprint density at radius 1 is 0.938 bits per heavy atom. The molecule has 2 heterocycles. The molecule has 2 saturated heterocycles. The summed E-state index contributed by atoms with van der Waals surface area (Å²) in [5.74, 6) is -0.518. The number of benzene rings is 1. The Morgan fingerprint density at radius 2 is 1.56 bits per heavy atom. The number of piperidine rings is 1. The van der Waals surface area contributed by atoms with Crippen LogP contribution in [0.5, 0.6) is 0 Å². The topological polar surface area (TPSA) is 30.9 Å². The largest absolute Gasteiger partial charge is 0.349 e. The summed E-state index contributed by atoms with van der Waals surface area (Å²) in [7, 11) is 0. The van der Waals surface area contributed by atoms with Gasteiger partial charge in [-0.15, -0.1) is 0 Å². The van der Waals surface area contributed by atoms with Crippen LogP contribution in [0.2, 0.25) is 0 Å². The summed E-state index contributed by atoms with van der Waals surface area (Å²) in [6, 6.07) is 10.5. The maximum atomic E-state index is 6.76. The monoisotopic (exact) mass is 445 g/mol. The first-order valence-corrected chi connectivity index (χ1v) is 13.0. The van der Waals surface area contributed by atoms with E-state index in [-0.39, 0.29) is 22.6 Å². The molecule has 4 heteroatoms. The van der Waals surface area contributed by atoms with Crippen molar-refractivity contribution < 1.29 is 14.3 Å². The van der Waals surface area contributed by atoms with Gasteiger partial charge in [0.1, 0.15) is 6.10 Å². The van der Waals surface area contributed by atoms with Gasteiger partial charge in [-0.2, -0.15) is 5.06 Å². The smallest absolute Gasteiger partial charge is 0.172 e. The summed E-state index contributed by atoms with van der Waals surface area (Å²) in [6.07, 6.45) is 8.43. The molecule has 1 atom stereocenters. The fourth-order valence-corrected chi connectivity index (χ4v) is 5.93. The highest BCUT2D eigenvalue weighted by molar-refractivity contribution is 5.17. The Hall–Kier alpha value is -0.940. The molecule has 0 bridgehead atoms. The molecule has 32 heavy (non-hydrogen) atoms. The standard InChI is InChI=1S/C28H47NO3/c1-8-12-18-26(9-2)21-30-28(31-22-26)19-25(6,7)29(27(10-3,11-4)20-28)32-23(5)24-16-14-13-15-17-24/h13-17,23H,8-12,18-22H2,1-7H3. The lowest BCUT2D eigenvalue weighted by atomic mass is 9.72. The van der Waals surface area contributed by atoms with Gasteiger partial charge in [-0.3, -0.25) is 4.84 Å². The van der Waals surface area contributed by atoms with E-state index >= 15 is 0 Å². The Balaban J connectivity index is 1.83. The van der Waals surface area contributed by atoms with Crippen molar-refractivity contribution in [2.24, 2.45) is 5.41 Å². The van der Waals surface area contributed by atoms with Crippen molar-refractivity contribution in [3.8, 4) is 0 Å². The van der Waals surface area contributed by atoms with Gasteiger partial charge >= 0.3 is 0 Å². The fraction of sp³-hybridized carbons (Fsp3) is 0.786. The van der Waals surface area contributed by atoms with Gasteiger partial charge in [0.05, 0.1) is 18.8 Å². The maximum absolute atomic E-state index is 6.76. The van der Waals surface area contributed by atoms with Crippen LogP contribution in [0, 0.1) is 5.41 Å². The van der Waals surface area contributed by atoms with Gasteiger partial charge in [-0.25, -0.2) is 0 Å². The van der Waals surface area contributed by atoms with E-state index in [1.807, 2.05) is 0 Å². The molecule has 3 rings (SSSR count). The molecular formula is C28H47NO3. The van der Waals surface area contributed by atoms with E-state index < -0.39 is 5.79 Å². The second-order valence-corrected chi connectivity index (χ2v) is 11.0. The zero-order valence-electron chi connectivity index (χ0n) is 21.7. The molecule has 1 aromatic carbocycles. The average Bonchev–Trinajstić information content (AvgIpc) is 2.81. The average molecular weight is 446 g/mol. The first-order valence-electron chi connectivity index (χ1n) is 13.0. The van der Waals surface area contributed by atoms with Gasteiger partial charge < -0.3 is 9.47 Å². The summed E-state index contributed by atoms with van der Waals surface area (Å²) in [5.41, 5.74) is 1.05. The first-order chi connectivity index (χ1) is 15.2. The van der Waals surface area contributed by atoms with Crippen LogP contribution in [0.1, 0.15) is 112 Å². The minimum absolute atomic E-state index is 0.00280. The van der Waals surface area contributed by atoms with Gasteiger partial charge in [-0.1, -0.05) is 70.9 Å². The van der Waals surface area contributed by atoms with Gasteiger partial charge in [0.2, 0.25) is 0 Å². The van der Waals surface area contributed by atoms with Crippen molar-refractivity contribution in [1.29, 1.82) is 0 Å². The zero-order chi connectivity index (χ0) is 23.5. The second-order valence-electron chi connectivity index (χ2n) is 11.0. The SMILES string of the molecule is CCCCC1(CC)COC2(CC(C)(C)N(OC(C)c3ccccc3)C(CC)(CC)C2)OC1. The summed E-state index contributed by atoms with van der Waals surface area (Å²) in [5, 5.41) is 2.31. The Morgan fingerprint density at radius 3 is 2.09 bits per heavy atom. The number of hydroxylamine groups is 2. The molecular weight excluding hydrogens is 398 g/mol. The molecule has 2 fully saturated rings. The molecule has 1 aromatic rings. The summed E-state index contributed by atoms with van der Waals surface area (Å²) in [4.78, 5) is 6.76. The summed E-state index contributed by atoms with van der Waals surface area (Å²) >= 11 is 0. The van der Waals surface area contributed by atoms with E-state index in [2.05, 4.69) is 83.9 Å². The van der Waals surface area contributed by atoms with E-state index in [1.165, 1.54) is 24.8 Å². The molecule has 1 unspecified atom stereocenters.